The first-order chi connectivity index (χ1) is 8.99. The molecule has 1 aromatic carbocycles. The zero-order valence-corrected chi connectivity index (χ0v) is 12.7. The Morgan fingerprint density at radius 1 is 1.05 bits per heavy atom. The molecule has 6 heteroatoms. The van der Waals surface area contributed by atoms with Gasteiger partial charge in [-0.1, -0.05) is 41.7 Å². The number of rotatable bonds is 3. The molecule has 0 fully saturated rings. The monoisotopic (exact) mass is 315 g/mol. The zero-order valence-electron chi connectivity index (χ0n) is 10.5. The number of hydrogen-bond donors (Lipinski definition) is 1. The zero-order chi connectivity index (χ0) is 14.0. The van der Waals surface area contributed by atoms with Crippen LogP contribution in [0.2, 0.25) is 15.2 Å². The second-order valence-electron chi connectivity index (χ2n) is 4.04. The number of benzene rings is 1. The Hall–Kier alpha value is -1.03. The van der Waals surface area contributed by atoms with Gasteiger partial charge in [-0.05, 0) is 25.1 Å². The van der Waals surface area contributed by atoms with Gasteiger partial charge < -0.3 is 5.32 Å². The second kappa shape index (κ2) is 5.95. The summed E-state index contributed by atoms with van der Waals surface area (Å²) >= 11 is 18.0. The molecule has 0 saturated carbocycles. The summed E-state index contributed by atoms with van der Waals surface area (Å²) in [5.41, 5.74) is 1.55. The average molecular weight is 317 g/mol. The minimum atomic E-state index is 0.447. The molecule has 100 valence electrons. The predicted molar refractivity (Wildman–Crippen MR) is 80.9 cm³/mol. The number of halogens is 3. The van der Waals surface area contributed by atoms with Gasteiger partial charge in [0.15, 0.2) is 0 Å². The summed E-state index contributed by atoms with van der Waals surface area (Å²) in [6.07, 6.45) is 0.713. The van der Waals surface area contributed by atoms with Crippen LogP contribution in [0.1, 0.15) is 18.3 Å². The highest BCUT2D eigenvalue weighted by Crippen LogP contribution is 2.27. The van der Waals surface area contributed by atoms with Gasteiger partial charge in [0.05, 0.1) is 0 Å². The van der Waals surface area contributed by atoms with E-state index in [1.807, 2.05) is 13.8 Å². The Morgan fingerprint density at radius 2 is 1.68 bits per heavy atom. The van der Waals surface area contributed by atoms with Crippen molar-refractivity contribution >= 4 is 46.3 Å². The first-order valence-electron chi connectivity index (χ1n) is 5.75. The SMILES string of the molecule is CCc1nc(Cl)c(C)c(Nc2cc(Cl)cc(Cl)c2)n1. The normalized spacial score (nSPS) is 10.6. The van der Waals surface area contributed by atoms with E-state index in [4.69, 9.17) is 34.8 Å². The van der Waals surface area contributed by atoms with Gasteiger partial charge in [-0.3, -0.25) is 0 Å². The van der Waals surface area contributed by atoms with Crippen molar-refractivity contribution in [2.75, 3.05) is 5.32 Å². The van der Waals surface area contributed by atoms with Crippen molar-refractivity contribution < 1.29 is 0 Å². The van der Waals surface area contributed by atoms with Gasteiger partial charge in [0.25, 0.3) is 0 Å². The molecule has 1 N–H and O–H groups in total. The first-order valence-corrected chi connectivity index (χ1v) is 6.89. The molecule has 2 rings (SSSR count). The van der Waals surface area contributed by atoms with Crippen LogP contribution in [0.3, 0.4) is 0 Å². The van der Waals surface area contributed by atoms with E-state index < -0.39 is 0 Å². The average Bonchev–Trinajstić information content (AvgIpc) is 2.33. The molecule has 0 amide bonds. The summed E-state index contributed by atoms with van der Waals surface area (Å²) in [4.78, 5) is 8.60. The van der Waals surface area contributed by atoms with Crippen LogP contribution in [-0.2, 0) is 6.42 Å². The summed E-state index contributed by atoms with van der Waals surface area (Å²) in [6, 6.07) is 5.22. The molecular weight excluding hydrogens is 305 g/mol. The maximum absolute atomic E-state index is 6.08. The fourth-order valence-electron chi connectivity index (χ4n) is 1.58. The second-order valence-corrected chi connectivity index (χ2v) is 5.27. The number of nitrogens with one attached hydrogen (secondary N) is 1. The van der Waals surface area contributed by atoms with Crippen LogP contribution in [0.5, 0.6) is 0 Å². The lowest BCUT2D eigenvalue weighted by molar-refractivity contribution is 0.934. The van der Waals surface area contributed by atoms with E-state index in [-0.39, 0.29) is 0 Å². The third-order valence-corrected chi connectivity index (χ3v) is 3.38. The van der Waals surface area contributed by atoms with Crippen LogP contribution in [0.15, 0.2) is 18.2 Å². The van der Waals surface area contributed by atoms with Crippen molar-refractivity contribution in [3.63, 3.8) is 0 Å². The molecule has 0 aliphatic heterocycles. The van der Waals surface area contributed by atoms with E-state index in [1.165, 1.54) is 0 Å². The van der Waals surface area contributed by atoms with Crippen molar-refractivity contribution in [3.8, 4) is 0 Å². The van der Waals surface area contributed by atoms with Crippen LogP contribution >= 0.6 is 34.8 Å². The van der Waals surface area contributed by atoms with Gasteiger partial charge in [0, 0.05) is 27.7 Å². The van der Waals surface area contributed by atoms with E-state index in [0.717, 1.165) is 11.3 Å². The van der Waals surface area contributed by atoms with Crippen LogP contribution in [0, 0.1) is 6.92 Å². The Bertz CT molecular complexity index is 594. The molecule has 3 nitrogen and oxygen atoms in total. The molecule has 0 aliphatic rings. The van der Waals surface area contributed by atoms with Crippen molar-refractivity contribution in [1.29, 1.82) is 0 Å². The molecule has 0 radical (unpaired) electrons. The minimum absolute atomic E-state index is 0.447. The predicted octanol–water partition coefficient (Wildman–Crippen LogP) is 5.05. The lowest BCUT2D eigenvalue weighted by Gasteiger charge is -2.11. The number of hydrogen-bond acceptors (Lipinski definition) is 3. The van der Waals surface area contributed by atoms with Crippen LogP contribution in [0.25, 0.3) is 0 Å². The number of aryl methyl sites for hydroxylation is 1. The van der Waals surface area contributed by atoms with Crippen LogP contribution in [0.4, 0.5) is 11.5 Å². The minimum Gasteiger partial charge on any atom is -0.340 e. The fraction of sp³-hybridized carbons (Fsp3) is 0.231. The summed E-state index contributed by atoms with van der Waals surface area (Å²) < 4.78 is 0. The third-order valence-electron chi connectivity index (χ3n) is 2.57. The molecule has 0 saturated heterocycles. The van der Waals surface area contributed by atoms with E-state index >= 15 is 0 Å². The standard InChI is InChI=1S/C13H12Cl3N3/c1-3-11-18-12(16)7(2)13(19-11)17-10-5-8(14)4-9(15)6-10/h4-6H,3H2,1-2H3,(H,17,18,19). The molecule has 0 atom stereocenters. The largest absolute Gasteiger partial charge is 0.340 e. The van der Waals surface area contributed by atoms with Gasteiger partial charge in [-0.2, -0.15) is 0 Å². The van der Waals surface area contributed by atoms with Gasteiger partial charge in [0.2, 0.25) is 0 Å². The maximum atomic E-state index is 6.08. The number of aromatic nitrogens is 2. The van der Waals surface area contributed by atoms with E-state index in [0.29, 0.717) is 33.3 Å². The summed E-state index contributed by atoms with van der Waals surface area (Å²) in [6.45, 7) is 3.83. The molecular formula is C13H12Cl3N3. The Kier molecular flexibility index (Phi) is 4.50. The van der Waals surface area contributed by atoms with E-state index in [2.05, 4.69) is 15.3 Å². The first kappa shape index (κ1) is 14.4. The highest BCUT2D eigenvalue weighted by molar-refractivity contribution is 6.35. The molecule has 19 heavy (non-hydrogen) atoms. The fourth-order valence-corrected chi connectivity index (χ4v) is 2.29. The highest BCUT2D eigenvalue weighted by Gasteiger charge is 2.09. The van der Waals surface area contributed by atoms with Crippen molar-refractivity contribution in [1.82, 2.24) is 9.97 Å². The lowest BCUT2D eigenvalue weighted by atomic mass is 10.3. The number of nitrogens with zero attached hydrogens (tertiary/aromatic N) is 2. The molecule has 0 aliphatic carbocycles. The van der Waals surface area contributed by atoms with Crippen molar-refractivity contribution in [2.45, 2.75) is 20.3 Å². The highest BCUT2D eigenvalue weighted by atomic mass is 35.5. The van der Waals surface area contributed by atoms with Gasteiger partial charge in [-0.15, -0.1) is 0 Å². The van der Waals surface area contributed by atoms with Crippen LogP contribution in [-0.4, -0.2) is 9.97 Å². The van der Waals surface area contributed by atoms with Gasteiger partial charge in [-0.25, -0.2) is 9.97 Å². The topological polar surface area (TPSA) is 37.8 Å². The smallest absolute Gasteiger partial charge is 0.138 e. The molecule has 0 unspecified atom stereocenters. The van der Waals surface area contributed by atoms with Crippen molar-refractivity contribution in [2.24, 2.45) is 0 Å². The third kappa shape index (κ3) is 3.50. The lowest BCUT2D eigenvalue weighted by Crippen LogP contribution is -2.03. The Balaban J connectivity index is 2.39. The summed E-state index contributed by atoms with van der Waals surface area (Å²) in [5, 5.41) is 4.73. The summed E-state index contributed by atoms with van der Waals surface area (Å²) in [7, 11) is 0. The molecule has 0 bridgehead atoms. The van der Waals surface area contributed by atoms with E-state index in [1.54, 1.807) is 18.2 Å². The Morgan fingerprint density at radius 3 is 2.26 bits per heavy atom. The van der Waals surface area contributed by atoms with Crippen LogP contribution < -0.4 is 5.32 Å². The molecule has 2 aromatic rings. The molecule has 1 aromatic heterocycles. The molecule has 1 heterocycles. The van der Waals surface area contributed by atoms with Crippen molar-refractivity contribution in [3.05, 3.63) is 44.8 Å². The van der Waals surface area contributed by atoms with Gasteiger partial charge in [0.1, 0.15) is 16.8 Å². The summed E-state index contributed by atoms with van der Waals surface area (Å²) in [5.74, 6) is 1.35. The molecule has 0 spiro atoms. The Labute approximate surface area is 126 Å². The quantitative estimate of drug-likeness (QED) is 0.805. The number of anilines is 2. The van der Waals surface area contributed by atoms with E-state index in [9.17, 15) is 0 Å². The van der Waals surface area contributed by atoms with Gasteiger partial charge >= 0.3 is 0 Å². The maximum Gasteiger partial charge on any atom is 0.138 e.